The number of pyridine rings is 1. The van der Waals surface area contributed by atoms with Crippen LogP contribution in [0.5, 0.6) is 5.75 Å². The van der Waals surface area contributed by atoms with Crippen LogP contribution in [-0.4, -0.2) is 29.7 Å². The van der Waals surface area contributed by atoms with Gasteiger partial charge in [0.15, 0.2) is 0 Å². The Morgan fingerprint density at radius 3 is 2.77 bits per heavy atom. The lowest BCUT2D eigenvalue weighted by atomic mass is 10.0. The highest BCUT2D eigenvalue weighted by molar-refractivity contribution is 7.13. The molecule has 1 aliphatic rings. The molecule has 6 heteroatoms. The number of carbonyl (C=O) groups is 1. The molecule has 3 aromatic rings. The van der Waals surface area contributed by atoms with Gasteiger partial charge in [-0.2, -0.15) is 0 Å². The van der Waals surface area contributed by atoms with E-state index in [9.17, 15) is 4.79 Å². The van der Waals surface area contributed by atoms with Crippen molar-refractivity contribution in [1.29, 1.82) is 0 Å². The molecule has 0 N–H and O–H groups in total. The molecule has 132 valence electrons. The van der Waals surface area contributed by atoms with Crippen LogP contribution in [-0.2, 0) is 17.6 Å². The minimum absolute atomic E-state index is 0.335. The van der Waals surface area contributed by atoms with Gasteiger partial charge in [-0.05, 0) is 18.6 Å². The first-order valence-electron chi connectivity index (χ1n) is 8.39. The number of ether oxygens (including phenoxy) is 2. The molecule has 3 heterocycles. The average molecular weight is 366 g/mol. The van der Waals surface area contributed by atoms with E-state index in [1.54, 1.807) is 17.4 Å². The summed E-state index contributed by atoms with van der Waals surface area (Å²) in [6.45, 7) is 2.60. The van der Waals surface area contributed by atoms with E-state index >= 15 is 0 Å². The molecular formula is C20H18N2O3S. The SMILES string of the molecule is COC(=O)c1cc(Cc2ccc(-c3nc(C)cs3)cc2)c2c(n1)CCO2. The number of fused-ring (bicyclic) bond motifs is 1. The predicted octanol–water partition coefficient (Wildman–Crippen LogP) is 3.83. The summed E-state index contributed by atoms with van der Waals surface area (Å²) in [7, 11) is 1.37. The second-order valence-corrected chi connectivity index (χ2v) is 7.06. The second-order valence-electron chi connectivity index (χ2n) is 6.20. The fraction of sp³-hybridized carbons (Fsp3) is 0.250. The number of rotatable bonds is 4. The van der Waals surface area contributed by atoms with E-state index in [1.807, 2.05) is 6.92 Å². The fourth-order valence-corrected chi connectivity index (χ4v) is 3.86. The van der Waals surface area contributed by atoms with Crippen LogP contribution in [0.4, 0.5) is 0 Å². The molecule has 0 bridgehead atoms. The number of nitrogens with zero attached hydrogens (tertiary/aromatic N) is 2. The van der Waals surface area contributed by atoms with E-state index in [0.717, 1.165) is 45.3 Å². The molecule has 5 nitrogen and oxygen atoms in total. The number of aromatic nitrogens is 2. The quantitative estimate of drug-likeness (QED) is 0.657. The largest absolute Gasteiger partial charge is 0.491 e. The predicted molar refractivity (Wildman–Crippen MR) is 99.9 cm³/mol. The molecule has 0 saturated carbocycles. The maximum atomic E-state index is 11.9. The Hall–Kier alpha value is -2.73. The first-order chi connectivity index (χ1) is 12.6. The van der Waals surface area contributed by atoms with Gasteiger partial charge in [0.05, 0.1) is 19.4 Å². The van der Waals surface area contributed by atoms with E-state index in [1.165, 1.54) is 7.11 Å². The third-order valence-electron chi connectivity index (χ3n) is 4.31. The molecule has 0 spiro atoms. The van der Waals surface area contributed by atoms with Gasteiger partial charge >= 0.3 is 5.97 Å². The average Bonchev–Trinajstić information content (AvgIpc) is 3.30. The van der Waals surface area contributed by atoms with Crippen LogP contribution < -0.4 is 4.74 Å². The molecule has 0 amide bonds. The summed E-state index contributed by atoms with van der Waals surface area (Å²) in [5.41, 5.74) is 5.42. The van der Waals surface area contributed by atoms with Crippen LogP contribution in [0.15, 0.2) is 35.7 Å². The number of hydrogen-bond acceptors (Lipinski definition) is 6. The lowest BCUT2D eigenvalue weighted by Gasteiger charge is -2.10. The van der Waals surface area contributed by atoms with Gasteiger partial charge in [-0.3, -0.25) is 0 Å². The summed E-state index contributed by atoms with van der Waals surface area (Å²) < 4.78 is 10.6. The Balaban J connectivity index is 1.63. The zero-order chi connectivity index (χ0) is 18.1. The second kappa shape index (κ2) is 6.88. The molecule has 0 unspecified atom stereocenters. The van der Waals surface area contributed by atoms with Crippen molar-refractivity contribution in [3.05, 3.63) is 63.9 Å². The smallest absolute Gasteiger partial charge is 0.356 e. The summed E-state index contributed by atoms with van der Waals surface area (Å²) in [6.07, 6.45) is 1.39. The van der Waals surface area contributed by atoms with Crippen LogP contribution in [0.1, 0.15) is 33.0 Å². The molecule has 26 heavy (non-hydrogen) atoms. The maximum absolute atomic E-state index is 11.9. The summed E-state index contributed by atoms with van der Waals surface area (Å²) in [5, 5.41) is 3.07. The summed E-state index contributed by atoms with van der Waals surface area (Å²) >= 11 is 1.65. The van der Waals surface area contributed by atoms with Crippen molar-refractivity contribution in [2.24, 2.45) is 0 Å². The van der Waals surface area contributed by atoms with E-state index in [0.29, 0.717) is 18.7 Å². The topological polar surface area (TPSA) is 61.3 Å². The molecular weight excluding hydrogens is 348 g/mol. The van der Waals surface area contributed by atoms with Crippen LogP contribution in [0, 0.1) is 6.92 Å². The Labute approximate surface area is 155 Å². The molecule has 0 radical (unpaired) electrons. The minimum Gasteiger partial charge on any atom is -0.491 e. The molecule has 1 aliphatic heterocycles. The Kier molecular flexibility index (Phi) is 4.42. The van der Waals surface area contributed by atoms with E-state index < -0.39 is 5.97 Å². The molecule has 2 aromatic heterocycles. The van der Waals surface area contributed by atoms with Gasteiger partial charge in [0.1, 0.15) is 16.5 Å². The van der Waals surface area contributed by atoms with Crippen LogP contribution in [0.25, 0.3) is 10.6 Å². The minimum atomic E-state index is -0.421. The number of aryl methyl sites for hydroxylation is 1. The highest BCUT2D eigenvalue weighted by Crippen LogP contribution is 2.31. The van der Waals surface area contributed by atoms with Crippen molar-refractivity contribution < 1.29 is 14.3 Å². The summed E-state index contributed by atoms with van der Waals surface area (Å²) in [6, 6.07) is 10.1. The van der Waals surface area contributed by atoms with Crippen molar-refractivity contribution in [3.8, 4) is 16.3 Å². The van der Waals surface area contributed by atoms with Crippen molar-refractivity contribution >= 4 is 17.3 Å². The summed E-state index contributed by atoms with van der Waals surface area (Å²) in [5.74, 6) is 0.382. The lowest BCUT2D eigenvalue weighted by Crippen LogP contribution is -2.07. The molecule has 1 aromatic carbocycles. The number of carbonyl (C=O) groups excluding carboxylic acids is 1. The van der Waals surface area contributed by atoms with Gasteiger partial charge in [-0.1, -0.05) is 24.3 Å². The summed E-state index contributed by atoms with van der Waals surface area (Å²) in [4.78, 5) is 20.8. The van der Waals surface area contributed by atoms with Gasteiger partial charge in [0.25, 0.3) is 0 Å². The van der Waals surface area contributed by atoms with Gasteiger partial charge in [-0.15, -0.1) is 11.3 Å². The van der Waals surface area contributed by atoms with E-state index in [-0.39, 0.29) is 0 Å². The van der Waals surface area contributed by atoms with E-state index in [2.05, 4.69) is 39.6 Å². The normalized spacial score (nSPS) is 12.5. The number of hydrogen-bond donors (Lipinski definition) is 0. The number of thiazole rings is 1. The number of esters is 1. The Morgan fingerprint density at radius 2 is 2.08 bits per heavy atom. The molecule has 0 atom stereocenters. The van der Waals surface area contributed by atoms with Gasteiger partial charge < -0.3 is 9.47 Å². The highest BCUT2D eigenvalue weighted by atomic mass is 32.1. The molecule has 4 rings (SSSR count). The van der Waals surface area contributed by atoms with Crippen molar-refractivity contribution in [1.82, 2.24) is 9.97 Å². The van der Waals surface area contributed by atoms with Gasteiger partial charge in [-0.25, -0.2) is 14.8 Å². The third kappa shape index (κ3) is 3.20. The number of benzene rings is 1. The van der Waals surface area contributed by atoms with Crippen molar-refractivity contribution in [2.45, 2.75) is 19.8 Å². The van der Waals surface area contributed by atoms with Crippen molar-refractivity contribution in [2.75, 3.05) is 13.7 Å². The Bertz CT molecular complexity index is 964. The van der Waals surface area contributed by atoms with Crippen LogP contribution >= 0.6 is 11.3 Å². The van der Waals surface area contributed by atoms with Gasteiger partial charge in [0, 0.05) is 35.0 Å². The van der Waals surface area contributed by atoms with E-state index in [4.69, 9.17) is 9.47 Å². The van der Waals surface area contributed by atoms with Crippen LogP contribution in [0.2, 0.25) is 0 Å². The first kappa shape index (κ1) is 16.7. The molecule has 0 saturated heterocycles. The Morgan fingerprint density at radius 1 is 1.27 bits per heavy atom. The molecule has 0 aliphatic carbocycles. The fourth-order valence-electron chi connectivity index (χ4n) is 3.05. The van der Waals surface area contributed by atoms with Crippen LogP contribution in [0.3, 0.4) is 0 Å². The standard InChI is InChI=1S/C20H18N2O3S/c1-12-11-26-19(21-12)14-5-3-13(4-6-14)9-15-10-17(20(23)24-2)22-16-7-8-25-18(15)16/h3-6,10-11H,7-9H2,1-2H3. The maximum Gasteiger partial charge on any atom is 0.356 e. The zero-order valence-electron chi connectivity index (χ0n) is 14.6. The number of methoxy groups -OCH3 is 1. The van der Waals surface area contributed by atoms with Crippen molar-refractivity contribution in [3.63, 3.8) is 0 Å². The lowest BCUT2D eigenvalue weighted by molar-refractivity contribution is 0.0593. The highest BCUT2D eigenvalue weighted by Gasteiger charge is 2.22. The molecule has 0 fully saturated rings. The van der Waals surface area contributed by atoms with Gasteiger partial charge in [0.2, 0.25) is 0 Å². The zero-order valence-corrected chi connectivity index (χ0v) is 15.4. The first-order valence-corrected chi connectivity index (χ1v) is 9.27. The monoisotopic (exact) mass is 366 g/mol. The third-order valence-corrected chi connectivity index (χ3v) is 5.32.